The first kappa shape index (κ1) is 17.8. The van der Waals surface area contributed by atoms with Crippen LogP contribution in [0.2, 0.25) is 0 Å². The number of aryl methyl sites for hydroxylation is 1. The lowest BCUT2D eigenvalue weighted by Gasteiger charge is -2.10. The van der Waals surface area contributed by atoms with E-state index in [1.165, 1.54) is 0 Å². The van der Waals surface area contributed by atoms with Gasteiger partial charge in [-0.1, -0.05) is 25.9 Å². The number of amides is 1. The van der Waals surface area contributed by atoms with Gasteiger partial charge in [0.2, 0.25) is 11.8 Å². The molecule has 2 aromatic heterocycles. The smallest absolute Gasteiger partial charge is 0.226 e. The van der Waals surface area contributed by atoms with Crippen molar-refractivity contribution in [2.24, 2.45) is 0 Å². The highest BCUT2D eigenvalue weighted by Gasteiger charge is 2.20. The second-order valence-electron chi connectivity index (χ2n) is 7.18. The van der Waals surface area contributed by atoms with E-state index in [0.29, 0.717) is 31.0 Å². The fraction of sp³-hybridized carbons (Fsp3) is 0.368. The van der Waals surface area contributed by atoms with Gasteiger partial charge in [-0.2, -0.15) is 4.98 Å². The Labute approximate surface area is 152 Å². The van der Waals surface area contributed by atoms with Gasteiger partial charge in [0, 0.05) is 42.0 Å². The summed E-state index contributed by atoms with van der Waals surface area (Å²) in [6, 6.07) is 7.62. The van der Waals surface area contributed by atoms with Crippen LogP contribution in [-0.4, -0.2) is 25.6 Å². The van der Waals surface area contributed by atoms with Gasteiger partial charge in [0.1, 0.15) is 0 Å². The molecule has 0 bridgehead atoms. The molecular weight excluding hydrogens is 330 g/mol. The summed E-state index contributed by atoms with van der Waals surface area (Å²) in [5.41, 5.74) is 1.63. The van der Waals surface area contributed by atoms with E-state index in [1.54, 1.807) is 12.5 Å². The standard InChI is InChI=1S/C19H23N5O2/c1-19(2,3)18-22-17(26-23-18)6-4-5-16(25)21-14-7-9-15(10-8-14)24-12-11-20-13-24/h7-13H,4-6H2,1-3H3,(H,21,25). The minimum absolute atomic E-state index is 0.0315. The van der Waals surface area contributed by atoms with Crippen molar-refractivity contribution in [1.82, 2.24) is 19.7 Å². The summed E-state index contributed by atoms with van der Waals surface area (Å²) >= 11 is 0. The number of aromatic nitrogens is 4. The van der Waals surface area contributed by atoms with E-state index in [1.807, 2.05) is 55.8 Å². The molecule has 0 fully saturated rings. The van der Waals surface area contributed by atoms with Crippen molar-refractivity contribution in [3.63, 3.8) is 0 Å². The number of hydrogen-bond acceptors (Lipinski definition) is 5. The summed E-state index contributed by atoms with van der Waals surface area (Å²) in [6.45, 7) is 6.10. The fourth-order valence-corrected chi connectivity index (χ4v) is 2.41. The summed E-state index contributed by atoms with van der Waals surface area (Å²) < 4.78 is 7.14. The number of rotatable bonds is 6. The Bertz CT molecular complexity index is 845. The highest BCUT2D eigenvalue weighted by molar-refractivity contribution is 5.90. The van der Waals surface area contributed by atoms with Gasteiger partial charge in [0.15, 0.2) is 5.82 Å². The van der Waals surface area contributed by atoms with Crippen molar-refractivity contribution >= 4 is 11.6 Å². The van der Waals surface area contributed by atoms with Gasteiger partial charge in [-0.3, -0.25) is 4.79 Å². The van der Waals surface area contributed by atoms with Crippen LogP contribution >= 0.6 is 0 Å². The molecule has 3 rings (SSSR count). The number of carbonyl (C=O) groups excluding carboxylic acids is 1. The van der Waals surface area contributed by atoms with Crippen LogP contribution in [0.4, 0.5) is 5.69 Å². The van der Waals surface area contributed by atoms with Crippen molar-refractivity contribution < 1.29 is 9.32 Å². The maximum atomic E-state index is 12.1. The molecule has 0 radical (unpaired) electrons. The van der Waals surface area contributed by atoms with Gasteiger partial charge in [-0.25, -0.2) is 4.98 Å². The molecule has 0 saturated carbocycles. The zero-order valence-corrected chi connectivity index (χ0v) is 15.3. The van der Waals surface area contributed by atoms with Crippen molar-refractivity contribution in [2.45, 2.75) is 45.4 Å². The Morgan fingerprint density at radius 2 is 2.00 bits per heavy atom. The zero-order chi connectivity index (χ0) is 18.6. The third kappa shape index (κ3) is 4.56. The van der Waals surface area contributed by atoms with Gasteiger partial charge in [-0.05, 0) is 30.7 Å². The molecule has 26 heavy (non-hydrogen) atoms. The lowest BCUT2D eigenvalue weighted by atomic mass is 9.96. The van der Waals surface area contributed by atoms with E-state index in [4.69, 9.17) is 4.52 Å². The van der Waals surface area contributed by atoms with Gasteiger partial charge in [0.25, 0.3) is 0 Å². The minimum atomic E-state index is -0.137. The molecule has 1 N–H and O–H groups in total. The molecule has 7 nitrogen and oxygen atoms in total. The quantitative estimate of drug-likeness (QED) is 0.733. The molecule has 0 aliphatic carbocycles. The number of imidazole rings is 1. The second kappa shape index (κ2) is 7.51. The van der Waals surface area contributed by atoms with Crippen LogP contribution in [0.3, 0.4) is 0 Å². The van der Waals surface area contributed by atoms with Crippen molar-refractivity contribution in [2.75, 3.05) is 5.32 Å². The summed E-state index contributed by atoms with van der Waals surface area (Å²) in [4.78, 5) is 20.5. The molecule has 0 saturated heterocycles. The Morgan fingerprint density at radius 3 is 2.62 bits per heavy atom. The molecule has 0 spiro atoms. The maximum Gasteiger partial charge on any atom is 0.226 e. The Hall–Kier alpha value is -2.96. The minimum Gasteiger partial charge on any atom is -0.339 e. The van der Waals surface area contributed by atoms with Gasteiger partial charge < -0.3 is 14.4 Å². The van der Waals surface area contributed by atoms with Crippen molar-refractivity contribution in [1.29, 1.82) is 0 Å². The molecule has 0 aliphatic rings. The monoisotopic (exact) mass is 353 g/mol. The van der Waals surface area contributed by atoms with Crippen LogP contribution in [0.25, 0.3) is 5.69 Å². The molecule has 7 heteroatoms. The molecular formula is C19H23N5O2. The zero-order valence-electron chi connectivity index (χ0n) is 15.3. The summed E-state index contributed by atoms with van der Waals surface area (Å²) in [7, 11) is 0. The summed E-state index contributed by atoms with van der Waals surface area (Å²) in [5, 5.41) is 6.89. The van der Waals surface area contributed by atoms with Gasteiger partial charge in [0.05, 0.1) is 6.33 Å². The molecule has 0 aliphatic heterocycles. The molecule has 3 aromatic rings. The van der Waals surface area contributed by atoms with Crippen LogP contribution < -0.4 is 5.32 Å². The van der Waals surface area contributed by atoms with Gasteiger partial charge in [-0.15, -0.1) is 0 Å². The Kier molecular flexibility index (Phi) is 5.16. The van der Waals surface area contributed by atoms with Crippen molar-refractivity contribution in [3.05, 3.63) is 54.7 Å². The molecule has 1 amide bonds. The fourth-order valence-electron chi connectivity index (χ4n) is 2.41. The number of carbonyl (C=O) groups is 1. The molecule has 1 aromatic carbocycles. The van der Waals surface area contributed by atoms with Gasteiger partial charge >= 0.3 is 0 Å². The highest BCUT2D eigenvalue weighted by Crippen LogP contribution is 2.19. The lowest BCUT2D eigenvalue weighted by Crippen LogP contribution is -2.13. The normalized spacial score (nSPS) is 11.5. The molecule has 2 heterocycles. The van der Waals surface area contributed by atoms with Crippen molar-refractivity contribution in [3.8, 4) is 5.69 Å². The van der Waals surface area contributed by atoms with Crippen LogP contribution in [0, 0.1) is 0 Å². The number of nitrogens with zero attached hydrogens (tertiary/aromatic N) is 4. The SMILES string of the molecule is CC(C)(C)c1noc(CCCC(=O)Nc2ccc(-n3ccnc3)cc2)n1. The average Bonchev–Trinajstić information content (AvgIpc) is 3.27. The topological polar surface area (TPSA) is 85.8 Å². The largest absolute Gasteiger partial charge is 0.339 e. The average molecular weight is 353 g/mol. The third-order valence-corrected chi connectivity index (χ3v) is 3.89. The Balaban J connectivity index is 1.46. The molecule has 0 unspecified atom stereocenters. The number of hydrogen-bond donors (Lipinski definition) is 1. The summed E-state index contributed by atoms with van der Waals surface area (Å²) in [5.74, 6) is 1.23. The first-order valence-corrected chi connectivity index (χ1v) is 8.63. The predicted octanol–water partition coefficient (Wildman–Crippen LogP) is 3.51. The first-order valence-electron chi connectivity index (χ1n) is 8.63. The first-order chi connectivity index (χ1) is 12.4. The predicted molar refractivity (Wildman–Crippen MR) is 98.1 cm³/mol. The third-order valence-electron chi connectivity index (χ3n) is 3.89. The van der Waals surface area contributed by atoms with Crippen LogP contribution in [0.15, 0.2) is 47.5 Å². The van der Waals surface area contributed by atoms with E-state index in [0.717, 1.165) is 11.4 Å². The van der Waals surface area contributed by atoms with E-state index in [2.05, 4.69) is 20.4 Å². The highest BCUT2D eigenvalue weighted by atomic mass is 16.5. The number of nitrogens with one attached hydrogen (secondary N) is 1. The van der Waals surface area contributed by atoms with E-state index in [-0.39, 0.29) is 11.3 Å². The second-order valence-corrected chi connectivity index (χ2v) is 7.18. The number of benzene rings is 1. The van der Waals surface area contributed by atoms with Crippen LogP contribution in [0.5, 0.6) is 0 Å². The Morgan fingerprint density at radius 1 is 1.23 bits per heavy atom. The van der Waals surface area contributed by atoms with Crippen LogP contribution in [0.1, 0.15) is 45.3 Å². The lowest BCUT2D eigenvalue weighted by molar-refractivity contribution is -0.116. The van der Waals surface area contributed by atoms with E-state index >= 15 is 0 Å². The van der Waals surface area contributed by atoms with E-state index in [9.17, 15) is 4.79 Å². The van der Waals surface area contributed by atoms with Crippen LogP contribution in [-0.2, 0) is 16.6 Å². The molecule has 0 atom stereocenters. The number of anilines is 1. The van der Waals surface area contributed by atoms with E-state index < -0.39 is 0 Å². The maximum absolute atomic E-state index is 12.1. The summed E-state index contributed by atoms with van der Waals surface area (Å²) in [6.07, 6.45) is 6.98. The molecule has 136 valence electrons.